The van der Waals surface area contributed by atoms with E-state index in [9.17, 15) is 14.4 Å². The number of nitrogens with zero attached hydrogens (tertiary/aromatic N) is 1. The summed E-state index contributed by atoms with van der Waals surface area (Å²) < 4.78 is 4.66. The molecule has 0 radical (unpaired) electrons. The molecular formula is C16H13NO5. The summed E-state index contributed by atoms with van der Waals surface area (Å²) in [5.41, 5.74) is 0.756. The minimum atomic E-state index is -1.29. The van der Waals surface area contributed by atoms with E-state index in [0.717, 1.165) is 0 Å². The maximum Gasteiger partial charge on any atom is 0.355 e. The molecule has 0 saturated carbocycles. The van der Waals surface area contributed by atoms with Crippen LogP contribution in [0.15, 0.2) is 36.5 Å². The van der Waals surface area contributed by atoms with Crippen LogP contribution in [0.2, 0.25) is 0 Å². The molecule has 2 rings (SSSR count). The van der Waals surface area contributed by atoms with Crippen molar-refractivity contribution >= 4 is 17.7 Å². The van der Waals surface area contributed by atoms with Gasteiger partial charge in [0.25, 0.3) is 0 Å². The van der Waals surface area contributed by atoms with Crippen molar-refractivity contribution in [3.05, 3.63) is 64.5 Å². The lowest BCUT2D eigenvalue weighted by atomic mass is 9.98. The number of ether oxygens (including phenoxy) is 1. The van der Waals surface area contributed by atoms with E-state index in [1.165, 1.54) is 37.6 Å². The lowest BCUT2D eigenvalue weighted by molar-refractivity contribution is 0.0599. The monoisotopic (exact) mass is 299 g/mol. The summed E-state index contributed by atoms with van der Waals surface area (Å²) >= 11 is 0. The average Bonchev–Trinajstić information content (AvgIpc) is 2.53. The fourth-order valence-electron chi connectivity index (χ4n) is 2.01. The number of hydrogen-bond acceptors (Lipinski definition) is 5. The predicted molar refractivity (Wildman–Crippen MR) is 77.1 cm³/mol. The molecule has 0 saturated heterocycles. The van der Waals surface area contributed by atoms with E-state index in [2.05, 4.69) is 9.72 Å². The molecule has 0 aliphatic carbocycles. The van der Waals surface area contributed by atoms with Crippen LogP contribution in [0.4, 0.5) is 0 Å². The summed E-state index contributed by atoms with van der Waals surface area (Å²) in [5.74, 6) is -2.36. The number of aromatic nitrogens is 1. The van der Waals surface area contributed by atoms with Crippen LogP contribution in [0.25, 0.3) is 0 Å². The van der Waals surface area contributed by atoms with Gasteiger partial charge in [0, 0.05) is 11.8 Å². The fraction of sp³-hybridized carbons (Fsp3) is 0.125. The minimum absolute atomic E-state index is 0.0327. The van der Waals surface area contributed by atoms with Crippen molar-refractivity contribution in [2.45, 2.75) is 6.92 Å². The van der Waals surface area contributed by atoms with E-state index in [1.54, 1.807) is 13.0 Å². The van der Waals surface area contributed by atoms with Crippen molar-refractivity contribution in [1.82, 2.24) is 4.98 Å². The van der Waals surface area contributed by atoms with Crippen LogP contribution in [0.1, 0.15) is 42.3 Å². The van der Waals surface area contributed by atoms with E-state index in [0.29, 0.717) is 5.56 Å². The second kappa shape index (κ2) is 6.17. The van der Waals surface area contributed by atoms with Crippen molar-refractivity contribution in [3.63, 3.8) is 0 Å². The number of carbonyl (C=O) groups is 3. The van der Waals surface area contributed by atoms with Gasteiger partial charge in [-0.05, 0) is 30.7 Å². The van der Waals surface area contributed by atoms with Crippen LogP contribution in [-0.2, 0) is 4.74 Å². The van der Waals surface area contributed by atoms with Gasteiger partial charge in [-0.15, -0.1) is 0 Å². The number of aromatic carboxylic acids is 1. The number of benzene rings is 1. The molecule has 0 atom stereocenters. The van der Waals surface area contributed by atoms with Gasteiger partial charge in [0.2, 0.25) is 0 Å². The van der Waals surface area contributed by atoms with Crippen molar-refractivity contribution in [3.8, 4) is 0 Å². The maximum atomic E-state index is 12.5. The van der Waals surface area contributed by atoms with E-state index < -0.39 is 17.7 Å². The molecule has 0 spiro atoms. The Morgan fingerprint density at radius 3 is 2.50 bits per heavy atom. The number of esters is 1. The molecule has 0 aliphatic heterocycles. The zero-order valence-electron chi connectivity index (χ0n) is 12.0. The summed E-state index contributed by atoms with van der Waals surface area (Å²) in [6.07, 6.45) is 1.30. The highest BCUT2D eigenvalue weighted by Gasteiger charge is 2.20. The molecule has 0 aliphatic rings. The quantitative estimate of drug-likeness (QED) is 0.686. The third-order valence-electron chi connectivity index (χ3n) is 3.16. The number of aryl methyl sites for hydroxylation is 1. The number of pyridine rings is 1. The summed E-state index contributed by atoms with van der Waals surface area (Å²) in [5, 5.41) is 9.10. The van der Waals surface area contributed by atoms with Gasteiger partial charge in [0.15, 0.2) is 11.5 Å². The van der Waals surface area contributed by atoms with Crippen molar-refractivity contribution in [2.24, 2.45) is 0 Å². The molecular weight excluding hydrogens is 286 g/mol. The number of hydrogen-bond donors (Lipinski definition) is 1. The molecule has 1 aromatic heterocycles. The van der Waals surface area contributed by atoms with Gasteiger partial charge in [0.1, 0.15) is 0 Å². The number of rotatable bonds is 4. The lowest BCUT2D eigenvalue weighted by Crippen LogP contribution is -2.13. The molecule has 0 fully saturated rings. The number of carbonyl (C=O) groups excluding carboxylic acids is 2. The molecule has 22 heavy (non-hydrogen) atoms. The van der Waals surface area contributed by atoms with Gasteiger partial charge in [-0.2, -0.15) is 0 Å². The van der Waals surface area contributed by atoms with E-state index >= 15 is 0 Å². The van der Waals surface area contributed by atoms with Gasteiger partial charge in [-0.25, -0.2) is 14.6 Å². The molecule has 0 amide bonds. The molecule has 6 heteroatoms. The third-order valence-corrected chi connectivity index (χ3v) is 3.16. The van der Waals surface area contributed by atoms with E-state index in [4.69, 9.17) is 5.11 Å². The first-order chi connectivity index (χ1) is 10.5. The maximum absolute atomic E-state index is 12.5. The number of ketones is 1. The lowest BCUT2D eigenvalue weighted by Gasteiger charge is -2.08. The van der Waals surface area contributed by atoms with Crippen LogP contribution in [0.3, 0.4) is 0 Å². The van der Waals surface area contributed by atoms with E-state index in [-0.39, 0.29) is 22.4 Å². The van der Waals surface area contributed by atoms with Crippen LogP contribution in [0, 0.1) is 6.92 Å². The van der Waals surface area contributed by atoms with Crippen LogP contribution < -0.4 is 0 Å². The summed E-state index contributed by atoms with van der Waals surface area (Å²) in [4.78, 5) is 39.0. The van der Waals surface area contributed by atoms with Gasteiger partial charge in [0.05, 0.1) is 18.2 Å². The Hall–Kier alpha value is -3.02. The summed E-state index contributed by atoms with van der Waals surface area (Å²) in [7, 11) is 1.25. The standard InChI is InChI=1S/C16H13NO5/c1-9-5-6-10(8-12(9)16(21)22-2)14(18)11-4-3-7-17-13(11)15(19)20/h3-8H,1-2H3,(H,19,20). The minimum Gasteiger partial charge on any atom is -0.476 e. The van der Waals surface area contributed by atoms with Crippen molar-refractivity contribution < 1.29 is 24.2 Å². The Bertz CT molecular complexity index is 767. The summed E-state index contributed by atoms with van der Waals surface area (Å²) in [6, 6.07) is 7.40. The Morgan fingerprint density at radius 1 is 1.14 bits per heavy atom. The highest BCUT2D eigenvalue weighted by Crippen LogP contribution is 2.17. The average molecular weight is 299 g/mol. The molecule has 0 bridgehead atoms. The largest absolute Gasteiger partial charge is 0.476 e. The highest BCUT2D eigenvalue weighted by molar-refractivity contribution is 6.14. The molecule has 1 N–H and O–H groups in total. The van der Waals surface area contributed by atoms with Crippen LogP contribution in [0.5, 0.6) is 0 Å². The first kappa shape index (κ1) is 15.4. The fourth-order valence-corrected chi connectivity index (χ4v) is 2.01. The van der Waals surface area contributed by atoms with Gasteiger partial charge in [-0.3, -0.25) is 4.79 Å². The molecule has 2 aromatic rings. The van der Waals surface area contributed by atoms with Gasteiger partial charge in [-0.1, -0.05) is 12.1 Å². The predicted octanol–water partition coefficient (Wildman–Crippen LogP) is 2.11. The number of carboxylic acid groups (broad SMARTS) is 1. The summed E-state index contributed by atoms with van der Waals surface area (Å²) in [6.45, 7) is 1.72. The van der Waals surface area contributed by atoms with Crippen LogP contribution in [-0.4, -0.2) is 34.9 Å². The van der Waals surface area contributed by atoms with Crippen molar-refractivity contribution in [1.29, 1.82) is 0 Å². The van der Waals surface area contributed by atoms with Crippen LogP contribution >= 0.6 is 0 Å². The normalized spacial score (nSPS) is 10.1. The van der Waals surface area contributed by atoms with E-state index in [1.807, 2.05) is 0 Å². The molecule has 112 valence electrons. The Morgan fingerprint density at radius 2 is 1.86 bits per heavy atom. The molecule has 6 nitrogen and oxygen atoms in total. The second-order valence-electron chi connectivity index (χ2n) is 4.56. The Labute approximate surface area is 126 Å². The second-order valence-corrected chi connectivity index (χ2v) is 4.56. The smallest absolute Gasteiger partial charge is 0.355 e. The SMILES string of the molecule is COC(=O)c1cc(C(=O)c2cccnc2C(=O)O)ccc1C. The Balaban J connectivity index is 2.51. The van der Waals surface area contributed by atoms with Gasteiger partial charge >= 0.3 is 11.9 Å². The van der Waals surface area contributed by atoms with Gasteiger partial charge < -0.3 is 9.84 Å². The third kappa shape index (κ3) is 2.85. The number of carboxylic acids is 1. The molecule has 0 unspecified atom stereocenters. The van der Waals surface area contributed by atoms with Crippen molar-refractivity contribution in [2.75, 3.05) is 7.11 Å². The first-order valence-corrected chi connectivity index (χ1v) is 6.37. The molecule has 1 aromatic carbocycles. The topological polar surface area (TPSA) is 93.6 Å². The zero-order valence-corrected chi connectivity index (χ0v) is 12.0. The highest BCUT2D eigenvalue weighted by atomic mass is 16.5. The number of methoxy groups -OCH3 is 1. The zero-order chi connectivity index (χ0) is 16.3. The first-order valence-electron chi connectivity index (χ1n) is 6.37. The molecule has 1 heterocycles. The Kier molecular flexibility index (Phi) is 4.31.